The van der Waals surface area contributed by atoms with E-state index in [-0.39, 0.29) is 48.6 Å². The highest BCUT2D eigenvalue weighted by Gasteiger charge is 2.32. The summed E-state index contributed by atoms with van der Waals surface area (Å²) in [5, 5.41) is 3.46. The van der Waals surface area contributed by atoms with Crippen LogP contribution in [0.5, 0.6) is 0 Å². The minimum Gasteiger partial charge on any atom is -0.352 e. The third kappa shape index (κ3) is 9.58. The highest BCUT2D eigenvalue weighted by Crippen LogP contribution is 2.32. The van der Waals surface area contributed by atoms with E-state index < -0.39 is 33.7 Å². The molecular formula is C26H32Cl2F3N3O4S. The van der Waals surface area contributed by atoms with Gasteiger partial charge in [0.2, 0.25) is 21.8 Å². The van der Waals surface area contributed by atoms with E-state index in [1.807, 2.05) is 13.8 Å². The van der Waals surface area contributed by atoms with Gasteiger partial charge in [-0.15, -0.1) is 0 Å². The van der Waals surface area contributed by atoms with Crippen LogP contribution in [-0.4, -0.2) is 50.0 Å². The second-order valence-corrected chi connectivity index (χ2v) is 12.0. The monoisotopic (exact) mass is 609 g/mol. The van der Waals surface area contributed by atoms with Crippen molar-refractivity contribution in [2.75, 3.05) is 17.1 Å². The van der Waals surface area contributed by atoms with E-state index in [1.54, 1.807) is 25.1 Å². The van der Waals surface area contributed by atoms with Crippen molar-refractivity contribution in [2.24, 2.45) is 0 Å². The molecule has 0 saturated carbocycles. The average Bonchev–Trinajstić information content (AvgIpc) is 2.85. The van der Waals surface area contributed by atoms with E-state index in [4.69, 9.17) is 23.2 Å². The SMILES string of the molecule is CC[C@@H](C)NC(=O)[C@@H](C)N(Cc1ccc(Cl)c(Cl)c1)C(=O)CCCN(c1cccc(C(F)(F)F)c1)S(C)(=O)=O. The molecule has 0 aromatic heterocycles. The Morgan fingerprint density at radius 1 is 1.05 bits per heavy atom. The van der Waals surface area contributed by atoms with Gasteiger partial charge in [0.05, 0.1) is 27.6 Å². The summed E-state index contributed by atoms with van der Waals surface area (Å²) < 4.78 is 65.2. The van der Waals surface area contributed by atoms with E-state index in [0.29, 0.717) is 17.0 Å². The number of alkyl halides is 3. The van der Waals surface area contributed by atoms with Crippen molar-refractivity contribution >= 4 is 50.7 Å². The molecule has 2 atom stereocenters. The van der Waals surface area contributed by atoms with E-state index >= 15 is 0 Å². The van der Waals surface area contributed by atoms with Crippen molar-refractivity contribution in [1.82, 2.24) is 10.2 Å². The molecule has 0 radical (unpaired) electrons. The predicted molar refractivity (Wildman–Crippen MR) is 147 cm³/mol. The average molecular weight is 611 g/mol. The topological polar surface area (TPSA) is 86.8 Å². The first-order chi connectivity index (χ1) is 18.0. The fourth-order valence-electron chi connectivity index (χ4n) is 3.72. The number of hydrogen-bond donors (Lipinski definition) is 1. The van der Waals surface area contributed by atoms with E-state index in [1.165, 1.54) is 11.0 Å². The number of carbonyl (C=O) groups excluding carboxylic acids is 2. The third-order valence-corrected chi connectivity index (χ3v) is 8.05. The van der Waals surface area contributed by atoms with Crippen molar-refractivity contribution in [3.05, 3.63) is 63.6 Å². The Hall–Kier alpha value is -2.50. The number of amides is 2. The molecule has 0 aliphatic carbocycles. The number of hydrogen-bond acceptors (Lipinski definition) is 4. The van der Waals surface area contributed by atoms with Crippen LogP contribution in [0.3, 0.4) is 0 Å². The zero-order chi connectivity index (χ0) is 29.5. The molecule has 0 spiro atoms. The van der Waals surface area contributed by atoms with E-state index in [2.05, 4.69) is 5.32 Å². The third-order valence-electron chi connectivity index (χ3n) is 6.12. The van der Waals surface area contributed by atoms with Crippen LogP contribution < -0.4 is 9.62 Å². The second-order valence-electron chi connectivity index (χ2n) is 9.25. The Morgan fingerprint density at radius 3 is 2.28 bits per heavy atom. The minimum atomic E-state index is -4.65. The number of sulfonamides is 1. The van der Waals surface area contributed by atoms with Crippen molar-refractivity contribution in [3.63, 3.8) is 0 Å². The zero-order valence-corrected chi connectivity index (χ0v) is 24.4. The van der Waals surface area contributed by atoms with Gasteiger partial charge in [-0.25, -0.2) is 8.42 Å². The highest BCUT2D eigenvalue weighted by atomic mass is 35.5. The van der Waals surface area contributed by atoms with E-state index in [9.17, 15) is 31.2 Å². The number of carbonyl (C=O) groups is 2. The number of anilines is 1. The molecule has 0 bridgehead atoms. The summed E-state index contributed by atoms with van der Waals surface area (Å²) in [6.07, 6.45) is -3.23. The van der Waals surface area contributed by atoms with Gasteiger partial charge in [0.15, 0.2) is 0 Å². The van der Waals surface area contributed by atoms with Crippen LogP contribution in [-0.2, 0) is 32.3 Å². The maximum absolute atomic E-state index is 13.3. The maximum atomic E-state index is 13.3. The molecule has 39 heavy (non-hydrogen) atoms. The molecule has 2 aromatic rings. The molecule has 2 amide bonds. The first kappa shape index (κ1) is 32.7. The van der Waals surface area contributed by atoms with Crippen LogP contribution in [0.25, 0.3) is 0 Å². The second kappa shape index (κ2) is 13.7. The molecule has 0 aliphatic heterocycles. The summed E-state index contributed by atoms with van der Waals surface area (Å²) in [7, 11) is -3.95. The predicted octanol–water partition coefficient (Wildman–Crippen LogP) is 5.89. The van der Waals surface area contributed by atoms with Crippen LogP contribution in [0.4, 0.5) is 18.9 Å². The van der Waals surface area contributed by atoms with Crippen LogP contribution in [0.2, 0.25) is 10.0 Å². The lowest BCUT2D eigenvalue weighted by Crippen LogP contribution is -2.49. The Labute approximate surface area is 237 Å². The summed E-state index contributed by atoms with van der Waals surface area (Å²) in [5.74, 6) is -0.801. The quantitative estimate of drug-likeness (QED) is 0.325. The van der Waals surface area contributed by atoms with Crippen LogP contribution >= 0.6 is 23.2 Å². The van der Waals surface area contributed by atoms with Gasteiger partial charge in [-0.3, -0.25) is 13.9 Å². The molecule has 13 heteroatoms. The Bertz CT molecular complexity index is 1280. The van der Waals surface area contributed by atoms with Gasteiger partial charge in [-0.2, -0.15) is 13.2 Å². The highest BCUT2D eigenvalue weighted by molar-refractivity contribution is 7.92. The summed E-state index contributed by atoms with van der Waals surface area (Å²) in [4.78, 5) is 27.5. The molecule has 0 aliphatic rings. The fourth-order valence-corrected chi connectivity index (χ4v) is 5.00. The molecular weight excluding hydrogens is 578 g/mol. The summed E-state index contributed by atoms with van der Waals surface area (Å²) in [6.45, 7) is 5.13. The Morgan fingerprint density at radius 2 is 1.72 bits per heavy atom. The molecule has 216 valence electrons. The summed E-state index contributed by atoms with van der Waals surface area (Å²) in [6, 6.07) is 7.84. The molecule has 0 heterocycles. The van der Waals surface area contributed by atoms with Gasteiger partial charge in [0.1, 0.15) is 6.04 Å². The van der Waals surface area contributed by atoms with Crippen molar-refractivity contribution in [2.45, 2.75) is 64.8 Å². The number of halogens is 5. The van der Waals surface area contributed by atoms with Gasteiger partial charge in [-0.05, 0) is 62.6 Å². The van der Waals surface area contributed by atoms with Crippen molar-refractivity contribution < 1.29 is 31.2 Å². The zero-order valence-electron chi connectivity index (χ0n) is 22.1. The van der Waals surface area contributed by atoms with Gasteiger partial charge >= 0.3 is 6.18 Å². The van der Waals surface area contributed by atoms with Gasteiger partial charge in [0, 0.05) is 25.6 Å². The lowest BCUT2D eigenvalue weighted by atomic mass is 10.1. The van der Waals surface area contributed by atoms with Crippen molar-refractivity contribution in [3.8, 4) is 0 Å². The van der Waals surface area contributed by atoms with Gasteiger partial charge in [-0.1, -0.05) is 42.3 Å². The molecule has 0 unspecified atom stereocenters. The molecule has 2 aromatic carbocycles. The molecule has 1 N–H and O–H groups in total. The Kier molecular flexibility index (Phi) is 11.5. The van der Waals surface area contributed by atoms with Crippen LogP contribution in [0.1, 0.15) is 51.2 Å². The molecule has 2 rings (SSSR count). The first-order valence-corrected chi connectivity index (χ1v) is 14.8. The largest absolute Gasteiger partial charge is 0.416 e. The molecule has 0 fully saturated rings. The van der Waals surface area contributed by atoms with Crippen LogP contribution in [0.15, 0.2) is 42.5 Å². The minimum absolute atomic E-state index is 0.000273. The van der Waals surface area contributed by atoms with E-state index in [0.717, 1.165) is 28.8 Å². The molecule has 7 nitrogen and oxygen atoms in total. The first-order valence-electron chi connectivity index (χ1n) is 12.2. The standard InChI is InChI=1S/C26H32Cl2F3N3O4S/c1-5-17(2)32-25(36)18(3)33(16-19-11-12-22(27)23(28)14-19)24(35)10-7-13-34(39(4,37)38)21-9-6-8-20(15-21)26(29,30)31/h6,8-9,11-12,14-15,17-18H,5,7,10,13,16H2,1-4H3,(H,32,36)/t17-,18-/m1/s1. The lowest BCUT2D eigenvalue weighted by molar-refractivity contribution is -0.140. The number of benzene rings is 2. The summed E-state index contributed by atoms with van der Waals surface area (Å²) >= 11 is 12.1. The molecule has 0 saturated heterocycles. The number of rotatable bonds is 12. The van der Waals surface area contributed by atoms with Crippen molar-refractivity contribution in [1.29, 1.82) is 0 Å². The maximum Gasteiger partial charge on any atom is 0.416 e. The number of nitrogens with zero attached hydrogens (tertiary/aromatic N) is 2. The summed E-state index contributed by atoms with van der Waals surface area (Å²) in [5.41, 5.74) is -0.518. The van der Waals surface area contributed by atoms with Gasteiger partial charge < -0.3 is 10.2 Å². The lowest BCUT2D eigenvalue weighted by Gasteiger charge is -2.30. The Balaban J connectivity index is 2.25. The fraction of sp³-hybridized carbons (Fsp3) is 0.462. The normalized spacial score (nSPS) is 13.5. The van der Waals surface area contributed by atoms with Gasteiger partial charge in [0.25, 0.3) is 0 Å². The number of nitrogens with one attached hydrogen (secondary N) is 1. The van der Waals surface area contributed by atoms with Crippen LogP contribution in [0, 0.1) is 0 Å². The smallest absolute Gasteiger partial charge is 0.352 e.